The van der Waals surface area contributed by atoms with Gasteiger partial charge in [-0.05, 0) is 81.6 Å². The largest absolute Gasteiger partial charge is 0.497 e. The van der Waals surface area contributed by atoms with E-state index in [1.807, 2.05) is 84.9 Å². The average molecular weight is 759 g/mol. The van der Waals surface area contributed by atoms with Crippen molar-refractivity contribution in [1.29, 1.82) is 0 Å². The van der Waals surface area contributed by atoms with Crippen LogP contribution in [-0.4, -0.2) is 14.2 Å². The standard InChI is InChI=1S/C46H48O6P2/c1-45(2,3)41-29-37(47-7)27-39(43(41)51-53-49-35-23-19-33(20-24-35)31-15-11-9-12-16-31)40-28-38(48-8)30-42(46(4,5)6)44(40)52-54-50-36-25-21-34(22-26-36)32-17-13-10-14-18-32/h9-30,53-54H,1-8H3. The molecule has 6 nitrogen and oxygen atoms in total. The summed E-state index contributed by atoms with van der Waals surface area (Å²) in [4.78, 5) is 0. The van der Waals surface area contributed by atoms with Crippen LogP contribution < -0.4 is 27.6 Å². The SMILES string of the molecule is COc1cc(-c2cc(OC)cc(C(C)(C)C)c2OPOc2ccc(-c3ccccc3)cc2)c(OPOc2ccc(-c3ccccc3)cc2)c(C(C)(C)C)c1. The van der Waals surface area contributed by atoms with Crippen LogP contribution in [0.25, 0.3) is 33.4 Å². The fourth-order valence-electron chi connectivity index (χ4n) is 6.09. The highest BCUT2D eigenvalue weighted by Crippen LogP contribution is 2.51. The van der Waals surface area contributed by atoms with Gasteiger partial charge in [0.15, 0.2) is 0 Å². The minimum absolute atomic E-state index is 0.302. The second-order valence-corrected chi connectivity index (χ2v) is 16.1. The number of rotatable bonds is 13. The van der Waals surface area contributed by atoms with Crippen molar-refractivity contribution < 1.29 is 27.6 Å². The van der Waals surface area contributed by atoms with Crippen molar-refractivity contribution in [2.45, 2.75) is 52.4 Å². The first-order valence-electron chi connectivity index (χ1n) is 17.9. The van der Waals surface area contributed by atoms with Crippen molar-refractivity contribution in [3.05, 3.63) is 145 Å². The van der Waals surface area contributed by atoms with Gasteiger partial charge in [0.2, 0.25) is 0 Å². The van der Waals surface area contributed by atoms with Crippen molar-refractivity contribution in [3.63, 3.8) is 0 Å². The molecule has 0 aliphatic rings. The Labute approximate surface area is 323 Å². The van der Waals surface area contributed by atoms with Gasteiger partial charge in [-0.3, -0.25) is 0 Å². The van der Waals surface area contributed by atoms with E-state index in [0.29, 0.717) is 23.0 Å². The molecule has 0 fully saturated rings. The minimum atomic E-state index is -0.320. The fourth-order valence-corrected chi connectivity index (χ4v) is 7.24. The van der Waals surface area contributed by atoms with E-state index in [0.717, 1.165) is 56.0 Å². The molecular formula is C46H48O6P2. The summed E-state index contributed by atoms with van der Waals surface area (Å²) >= 11 is 0. The summed E-state index contributed by atoms with van der Waals surface area (Å²) in [6, 6.07) is 44.7. The van der Waals surface area contributed by atoms with Crippen LogP contribution in [0.1, 0.15) is 52.7 Å². The summed E-state index contributed by atoms with van der Waals surface area (Å²) in [7, 11) is 2.72. The van der Waals surface area contributed by atoms with Crippen molar-refractivity contribution in [2.75, 3.05) is 14.2 Å². The zero-order valence-electron chi connectivity index (χ0n) is 32.2. The van der Waals surface area contributed by atoms with Crippen molar-refractivity contribution in [2.24, 2.45) is 0 Å². The molecular weight excluding hydrogens is 710 g/mol. The van der Waals surface area contributed by atoms with Crippen LogP contribution in [0, 0.1) is 0 Å². The summed E-state index contributed by atoms with van der Waals surface area (Å²) in [5, 5.41) is 0. The molecule has 0 aromatic heterocycles. The van der Waals surface area contributed by atoms with Gasteiger partial charge in [-0.15, -0.1) is 0 Å². The molecule has 278 valence electrons. The Morgan fingerprint density at radius 1 is 0.370 bits per heavy atom. The van der Waals surface area contributed by atoms with Crippen LogP contribution in [-0.2, 0) is 10.8 Å². The first-order chi connectivity index (χ1) is 25.9. The highest BCUT2D eigenvalue weighted by molar-refractivity contribution is 7.27. The van der Waals surface area contributed by atoms with Crippen LogP contribution >= 0.6 is 18.1 Å². The summed E-state index contributed by atoms with van der Waals surface area (Å²) in [5.41, 5.74) is 7.47. The number of benzene rings is 6. The van der Waals surface area contributed by atoms with Crippen LogP contribution in [0.5, 0.6) is 34.5 Å². The van der Waals surface area contributed by atoms with Gasteiger partial charge in [-0.1, -0.05) is 126 Å². The molecule has 0 bridgehead atoms. The van der Waals surface area contributed by atoms with Crippen LogP contribution in [0.4, 0.5) is 0 Å². The number of hydrogen-bond acceptors (Lipinski definition) is 6. The van der Waals surface area contributed by atoms with Gasteiger partial charge in [-0.2, -0.15) is 0 Å². The molecule has 0 radical (unpaired) electrons. The lowest BCUT2D eigenvalue weighted by atomic mass is 9.81. The lowest BCUT2D eigenvalue weighted by Crippen LogP contribution is -2.15. The van der Waals surface area contributed by atoms with Crippen LogP contribution in [0.2, 0.25) is 0 Å². The molecule has 0 aliphatic carbocycles. The monoisotopic (exact) mass is 758 g/mol. The molecule has 2 unspecified atom stereocenters. The first-order valence-corrected chi connectivity index (χ1v) is 19.5. The summed E-state index contributed by atoms with van der Waals surface area (Å²) in [6.07, 6.45) is 0. The van der Waals surface area contributed by atoms with E-state index in [2.05, 4.69) is 90.1 Å². The average Bonchev–Trinajstić information content (AvgIpc) is 3.18. The summed E-state index contributed by atoms with van der Waals surface area (Å²) in [6.45, 7) is 13.0. The van der Waals surface area contributed by atoms with E-state index < -0.39 is 0 Å². The van der Waals surface area contributed by atoms with E-state index in [1.54, 1.807) is 14.2 Å². The van der Waals surface area contributed by atoms with Gasteiger partial charge >= 0.3 is 0 Å². The third-order valence-corrected chi connectivity index (χ3v) is 10.2. The third kappa shape index (κ3) is 9.37. The zero-order chi connectivity index (χ0) is 38.3. The van der Waals surface area contributed by atoms with Gasteiger partial charge < -0.3 is 27.6 Å². The normalized spacial score (nSPS) is 11.9. The zero-order valence-corrected chi connectivity index (χ0v) is 34.2. The Balaban J connectivity index is 1.34. The maximum absolute atomic E-state index is 6.67. The van der Waals surface area contributed by atoms with E-state index in [9.17, 15) is 0 Å². The molecule has 8 heteroatoms. The van der Waals surface area contributed by atoms with Crippen LogP contribution in [0.15, 0.2) is 133 Å². The van der Waals surface area contributed by atoms with Gasteiger partial charge in [0.1, 0.15) is 34.5 Å². The molecule has 0 saturated heterocycles. The van der Waals surface area contributed by atoms with Crippen molar-refractivity contribution in [3.8, 4) is 67.9 Å². The number of hydrogen-bond donors (Lipinski definition) is 0. The maximum Gasteiger partial charge on any atom is 0.275 e. The van der Waals surface area contributed by atoms with E-state index in [-0.39, 0.29) is 28.9 Å². The topological polar surface area (TPSA) is 55.4 Å². The smallest absolute Gasteiger partial charge is 0.275 e. The molecule has 6 aromatic rings. The van der Waals surface area contributed by atoms with Crippen LogP contribution in [0.3, 0.4) is 0 Å². The predicted molar refractivity (Wildman–Crippen MR) is 225 cm³/mol. The molecule has 54 heavy (non-hydrogen) atoms. The molecule has 6 rings (SSSR count). The Hall–Kier alpha value is -5.02. The number of methoxy groups -OCH3 is 2. The van der Waals surface area contributed by atoms with E-state index in [1.165, 1.54) is 0 Å². The van der Waals surface area contributed by atoms with Gasteiger partial charge in [-0.25, -0.2) is 0 Å². The van der Waals surface area contributed by atoms with Crippen molar-refractivity contribution in [1.82, 2.24) is 0 Å². The molecule has 6 aromatic carbocycles. The van der Waals surface area contributed by atoms with Gasteiger partial charge in [0, 0.05) is 22.3 Å². The molecule has 0 N–H and O–H groups in total. The molecule has 0 saturated carbocycles. The first kappa shape index (κ1) is 38.7. The summed E-state index contributed by atoms with van der Waals surface area (Å²) < 4.78 is 37.5. The Morgan fingerprint density at radius 3 is 1.02 bits per heavy atom. The number of ether oxygens (including phenoxy) is 2. The third-order valence-electron chi connectivity index (χ3n) is 9.03. The fraction of sp³-hybridized carbons (Fsp3) is 0.217. The predicted octanol–water partition coefficient (Wildman–Crippen LogP) is 13.2. The van der Waals surface area contributed by atoms with E-state index in [4.69, 9.17) is 27.6 Å². The van der Waals surface area contributed by atoms with E-state index >= 15 is 0 Å². The molecule has 0 amide bonds. The molecule has 0 aliphatic heterocycles. The minimum Gasteiger partial charge on any atom is -0.497 e. The Kier molecular flexibility index (Phi) is 12.2. The highest BCUT2D eigenvalue weighted by atomic mass is 31.1. The quantitative estimate of drug-likeness (QED) is 0.109. The Morgan fingerprint density at radius 2 is 0.704 bits per heavy atom. The van der Waals surface area contributed by atoms with Gasteiger partial charge in [0.25, 0.3) is 18.1 Å². The van der Waals surface area contributed by atoms with Crippen molar-refractivity contribution >= 4 is 18.1 Å². The van der Waals surface area contributed by atoms with Gasteiger partial charge in [0.05, 0.1) is 14.2 Å². The summed E-state index contributed by atoms with van der Waals surface area (Å²) in [5.74, 6) is 4.20. The molecule has 0 spiro atoms. The second kappa shape index (κ2) is 17.0. The molecule has 0 heterocycles. The second-order valence-electron chi connectivity index (χ2n) is 15.0. The maximum atomic E-state index is 6.67. The highest BCUT2D eigenvalue weighted by Gasteiger charge is 2.30. The lowest BCUT2D eigenvalue weighted by molar-refractivity contribution is 0.409. The Bertz CT molecular complexity index is 1980. The molecule has 2 atom stereocenters. The lowest BCUT2D eigenvalue weighted by Gasteiger charge is -2.28.